The van der Waals surface area contributed by atoms with Crippen molar-refractivity contribution in [3.8, 4) is 0 Å². The highest BCUT2D eigenvalue weighted by atomic mass is 16.8. The fourth-order valence-electron chi connectivity index (χ4n) is 11.8. The predicted molar refractivity (Wildman–Crippen MR) is 364 cm³/mol. The van der Waals surface area contributed by atoms with E-state index in [4.69, 9.17) is 28.4 Å². The Bertz CT molecular complexity index is 2010. The van der Waals surface area contributed by atoms with Crippen LogP contribution < -0.4 is 5.32 Å². The Balaban J connectivity index is 1.44. The maximum absolute atomic E-state index is 13.4. The van der Waals surface area contributed by atoms with Crippen LogP contribution in [0, 0.1) is 0 Å². The number of amides is 1. The summed E-state index contributed by atoms with van der Waals surface area (Å²) >= 11 is 0. The molecule has 1 amide bonds. The van der Waals surface area contributed by atoms with Gasteiger partial charge in [-0.15, -0.1) is 0 Å². The number of hydrogen-bond acceptors (Lipinski definition) is 18. The zero-order valence-electron chi connectivity index (χ0n) is 57.0. The molecule has 3 heterocycles. The average Bonchev–Trinajstić information content (AvgIpc) is 0.985. The Morgan fingerprint density at radius 1 is 0.398 bits per heavy atom. The number of unbranched alkanes of at least 4 members (excludes halogenated alkanes) is 27. The summed E-state index contributed by atoms with van der Waals surface area (Å²) in [6.07, 6.45) is 44.3. The van der Waals surface area contributed by atoms with Gasteiger partial charge in [0.2, 0.25) is 5.91 Å². The van der Waals surface area contributed by atoms with Crippen LogP contribution in [0.4, 0.5) is 0 Å². The highest BCUT2D eigenvalue weighted by Gasteiger charge is 2.53. The summed E-state index contributed by atoms with van der Waals surface area (Å²) in [5, 5.41) is 121. The van der Waals surface area contributed by atoms with Crippen molar-refractivity contribution >= 4 is 5.91 Å². The zero-order chi connectivity index (χ0) is 67.5. The second kappa shape index (κ2) is 54.9. The molecular weight excluding hydrogens is 1190 g/mol. The van der Waals surface area contributed by atoms with Crippen molar-refractivity contribution in [3.05, 3.63) is 85.1 Å². The molecule has 12 N–H and O–H groups in total. The molecule has 0 saturated carbocycles. The van der Waals surface area contributed by atoms with Crippen molar-refractivity contribution < 1.29 is 89.4 Å². The fourth-order valence-corrected chi connectivity index (χ4v) is 11.8. The SMILES string of the molecule is CC/C=C\C/C=C\C/C=C\C/C=C\CCCCCCCCC(=O)NC(COC1OC(CO)C(OC2OC(CO)C(OC3OC(CO)C(O)C(O)C3O)C(O)C2O)C(O)C1O)C(O)/C=C/CC/C=C/CC/C=C/CCCCCCCCCCCCCCCCCCCCC. The lowest BCUT2D eigenvalue weighted by molar-refractivity contribution is -0.379. The first kappa shape index (κ1) is 84.2. The molecule has 0 aromatic rings. The third kappa shape index (κ3) is 36.4. The predicted octanol–water partition coefficient (Wildman–Crippen LogP) is 10.3. The Hall–Kier alpha value is -3.03. The molecule has 3 rings (SSSR count). The first-order valence-corrected chi connectivity index (χ1v) is 36.3. The van der Waals surface area contributed by atoms with Gasteiger partial charge >= 0.3 is 0 Å². The molecule has 0 radical (unpaired) electrons. The number of allylic oxidation sites excluding steroid dienone is 13. The van der Waals surface area contributed by atoms with Gasteiger partial charge in [-0.25, -0.2) is 0 Å². The molecule has 19 heteroatoms. The summed E-state index contributed by atoms with van der Waals surface area (Å²) in [5.41, 5.74) is 0. The highest BCUT2D eigenvalue weighted by molar-refractivity contribution is 5.76. The van der Waals surface area contributed by atoms with E-state index in [1.807, 2.05) is 6.08 Å². The molecule has 3 aliphatic rings. The van der Waals surface area contributed by atoms with Gasteiger partial charge in [-0.3, -0.25) is 4.79 Å². The molecule has 19 nitrogen and oxygen atoms in total. The molecule has 538 valence electrons. The van der Waals surface area contributed by atoms with Crippen molar-refractivity contribution in [1.29, 1.82) is 0 Å². The number of aliphatic hydroxyl groups excluding tert-OH is 11. The van der Waals surface area contributed by atoms with E-state index in [0.29, 0.717) is 12.8 Å². The lowest BCUT2D eigenvalue weighted by Gasteiger charge is -2.48. The van der Waals surface area contributed by atoms with Crippen molar-refractivity contribution in [2.45, 2.75) is 349 Å². The van der Waals surface area contributed by atoms with Crippen molar-refractivity contribution in [2.24, 2.45) is 0 Å². The second-order valence-electron chi connectivity index (χ2n) is 25.6. The van der Waals surface area contributed by atoms with Gasteiger partial charge in [0.15, 0.2) is 18.9 Å². The average molecular weight is 1320 g/mol. The van der Waals surface area contributed by atoms with E-state index < -0.39 is 124 Å². The molecule has 0 aromatic carbocycles. The molecule has 0 aliphatic carbocycles. The minimum absolute atomic E-state index is 0.211. The van der Waals surface area contributed by atoms with E-state index in [2.05, 4.69) is 92.1 Å². The molecule has 17 unspecified atom stereocenters. The summed E-state index contributed by atoms with van der Waals surface area (Å²) in [6.45, 7) is 1.59. The van der Waals surface area contributed by atoms with Crippen LogP contribution in [0.25, 0.3) is 0 Å². The number of carbonyl (C=O) groups is 1. The van der Waals surface area contributed by atoms with Gasteiger partial charge < -0.3 is 89.9 Å². The van der Waals surface area contributed by atoms with Gasteiger partial charge in [-0.1, -0.05) is 240 Å². The van der Waals surface area contributed by atoms with Crippen LogP contribution in [0.1, 0.15) is 245 Å². The first-order chi connectivity index (χ1) is 45.3. The van der Waals surface area contributed by atoms with Gasteiger partial charge in [0.25, 0.3) is 0 Å². The van der Waals surface area contributed by atoms with E-state index in [1.165, 1.54) is 122 Å². The Labute approximate surface area is 559 Å². The number of carbonyl (C=O) groups excluding carboxylic acids is 1. The largest absolute Gasteiger partial charge is 0.394 e. The molecule has 17 atom stereocenters. The number of aliphatic hydroxyl groups is 11. The van der Waals surface area contributed by atoms with Crippen LogP contribution in [0.5, 0.6) is 0 Å². The summed E-state index contributed by atoms with van der Waals surface area (Å²) < 4.78 is 34.3. The van der Waals surface area contributed by atoms with Crippen molar-refractivity contribution in [3.63, 3.8) is 0 Å². The number of hydrogen-bond donors (Lipinski definition) is 12. The summed E-state index contributed by atoms with van der Waals surface area (Å²) in [7, 11) is 0. The molecule has 93 heavy (non-hydrogen) atoms. The maximum atomic E-state index is 13.4. The van der Waals surface area contributed by atoms with E-state index in [-0.39, 0.29) is 18.9 Å². The molecule has 3 fully saturated rings. The summed E-state index contributed by atoms with van der Waals surface area (Å²) in [6, 6.07) is -1.01. The Morgan fingerprint density at radius 3 is 1.20 bits per heavy atom. The highest BCUT2D eigenvalue weighted by Crippen LogP contribution is 2.33. The maximum Gasteiger partial charge on any atom is 0.220 e. The van der Waals surface area contributed by atoms with Crippen LogP contribution in [-0.4, -0.2) is 193 Å². The molecule has 3 aliphatic heterocycles. The molecule has 0 aromatic heterocycles. The van der Waals surface area contributed by atoms with Gasteiger partial charge in [-0.05, 0) is 83.5 Å². The van der Waals surface area contributed by atoms with Gasteiger partial charge in [0, 0.05) is 6.42 Å². The van der Waals surface area contributed by atoms with Crippen LogP contribution in [0.2, 0.25) is 0 Å². The lowest BCUT2D eigenvalue weighted by atomic mass is 9.96. The molecular formula is C74H129NO18. The van der Waals surface area contributed by atoms with Crippen LogP contribution in [-0.2, 0) is 33.2 Å². The number of rotatable bonds is 55. The Kier molecular flexibility index (Phi) is 49.7. The van der Waals surface area contributed by atoms with Gasteiger partial charge in [0.1, 0.15) is 73.2 Å². The van der Waals surface area contributed by atoms with E-state index in [0.717, 1.165) is 89.9 Å². The second-order valence-corrected chi connectivity index (χ2v) is 25.6. The minimum Gasteiger partial charge on any atom is -0.394 e. The quantitative estimate of drug-likeness (QED) is 0.0199. The molecule has 0 bridgehead atoms. The van der Waals surface area contributed by atoms with Gasteiger partial charge in [-0.2, -0.15) is 0 Å². The minimum atomic E-state index is -1.99. The van der Waals surface area contributed by atoms with Crippen molar-refractivity contribution in [2.75, 3.05) is 26.4 Å². The molecule has 0 spiro atoms. The summed E-state index contributed by atoms with van der Waals surface area (Å²) in [4.78, 5) is 13.4. The number of ether oxygens (including phenoxy) is 6. The Morgan fingerprint density at radius 2 is 0.753 bits per heavy atom. The van der Waals surface area contributed by atoms with Crippen LogP contribution in [0.3, 0.4) is 0 Å². The van der Waals surface area contributed by atoms with Crippen LogP contribution in [0.15, 0.2) is 85.1 Å². The summed E-state index contributed by atoms with van der Waals surface area (Å²) in [5.74, 6) is -0.306. The first-order valence-electron chi connectivity index (χ1n) is 36.3. The third-order valence-corrected chi connectivity index (χ3v) is 17.7. The smallest absolute Gasteiger partial charge is 0.220 e. The van der Waals surface area contributed by atoms with E-state index in [1.54, 1.807) is 6.08 Å². The van der Waals surface area contributed by atoms with E-state index >= 15 is 0 Å². The fraction of sp³-hybridized carbons (Fsp3) is 0.797. The van der Waals surface area contributed by atoms with Gasteiger partial charge in [0.05, 0.1) is 38.6 Å². The van der Waals surface area contributed by atoms with Crippen LogP contribution >= 0.6 is 0 Å². The monoisotopic (exact) mass is 1320 g/mol. The van der Waals surface area contributed by atoms with Crippen molar-refractivity contribution in [1.82, 2.24) is 5.32 Å². The van der Waals surface area contributed by atoms with E-state index in [9.17, 15) is 61.0 Å². The normalized spacial score (nSPS) is 28.0. The lowest BCUT2D eigenvalue weighted by Crippen LogP contribution is -2.66. The zero-order valence-corrected chi connectivity index (χ0v) is 57.0. The third-order valence-electron chi connectivity index (χ3n) is 17.7. The topological polar surface area (TPSA) is 307 Å². The number of nitrogens with one attached hydrogen (secondary N) is 1. The standard InChI is InChI=1S/C74H129NO18/c1-3-5-7-9-11-13-15-17-19-21-23-24-25-26-27-28-29-30-31-32-34-35-37-39-41-43-45-47-49-51-58(79)57(75-62(80)52-50-48-46-44-42-40-38-36-33-22-20-18-16-14-12-10-8-6-4-2)56-88-72-68(86)65(83)70(60(54-77)90-72)93-74-69(87)66(84)71(61(55-78)91-74)92-73-67(85)64(82)63(81)59(53-76)89-73/h6,8,12,14,18,20,33-36,41,43,49,51,57-61,63-74,76-79,81-87H,3-5,7,9-11,13,15-17,19,21-32,37-40,42,44-48,50,52-56H2,1-2H3,(H,75,80)/b8-6-,14-12-,20-18-,35-34+,36-33-,43-41+,51-49+. The molecule has 3 saturated heterocycles.